The molecule has 1 aromatic rings. The first-order valence-corrected chi connectivity index (χ1v) is 6.80. The van der Waals surface area contributed by atoms with Gasteiger partial charge < -0.3 is 5.73 Å². The number of anilines is 1. The normalized spacial score (nSPS) is 18.8. The number of amides is 1. The van der Waals surface area contributed by atoms with Gasteiger partial charge in [0.2, 0.25) is 0 Å². The molecule has 5 heteroatoms. The monoisotopic (exact) mass is 260 g/mol. The molecule has 2 heterocycles. The number of rotatable bonds is 6. The first-order chi connectivity index (χ1) is 9.27. The first-order valence-electron chi connectivity index (χ1n) is 6.80. The molecule has 0 fully saturated rings. The summed E-state index contributed by atoms with van der Waals surface area (Å²) in [6.07, 6.45) is 5.13. The van der Waals surface area contributed by atoms with E-state index in [1.807, 2.05) is 12.1 Å². The molecule has 0 aromatic carbocycles. The molecule has 1 aliphatic heterocycles. The predicted octanol–water partition coefficient (Wildman–Crippen LogP) is 1.94. The van der Waals surface area contributed by atoms with Crippen molar-refractivity contribution in [3.63, 3.8) is 0 Å². The molecule has 5 nitrogen and oxygen atoms in total. The Bertz CT molecular complexity index is 458. The lowest BCUT2D eigenvalue weighted by Crippen LogP contribution is -2.28. The minimum Gasteiger partial charge on any atom is -0.330 e. The third kappa shape index (κ3) is 2.98. The molecular formula is C14H20N4O. The summed E-state index contributed by atoms with van der Waals surface area (Å²) in [7, 11) is 0. The fourth-order valence-corrected chi connectivity index (χ4v) is 2.27. The third-order valence-electron chi connectivity index (χ3n) is 3.21. The van der Waals surface area contributed by atoms with Crippen LogP contribution in [0.4, 0.5) is 5.82 Å². The quantitative estimate of drug-likeness (QED) is 0.849. The lowest BCUT2D eigenvalue weighted by Gasteiger charge is -2.13. The van der Waals surface area contributed by atoms with Crippen molar-refractivity contribution in [1.82, 2.24) is 4.98 Å². The van der Waals surface area contributed by atoms with Crippen LogP contribution in [0, 0.1) is 5.92 Å². The number of hydrazone groups is 1. The minimum absolute atomic E-state index is 0.0237. The van der Waals surface area contributed by atoms with Gasteiger partial charge in [-0.25, -0.2) is 4.98 Å². The molecule has 102 valence electrons. The highest BCUT2D eigenvalue weighted by atomic mass is 16.2. The standard InChI is InChI=1S/C14H20N4O/c1-2-6-12-11(7-5-9-15)14(19)18(17-12)13-8-3-4-10-16-13/h3-4,8,10-11H,2,5-7,9,15H2,1H3. The number of hydrogen-bond acceptors (Lipinski definition) is 4. The zero-order valence-corrected chi connectivity index (χ0v) is 11.2. The van der Waals surface area contributed by atoms with Gasteiger partial charge in [0.25, 0.3) is 5.91 Å². The van der Waals surface area contributed by atoms with Gasteiger partial charge in [-0.3, -0.25) is 4.79 Å². The van der Waals surface area contributed by atoms with E-state index in [4.69, 9.17) is 5.73 Å². The molecule has 2 rings (SSSR count). The summed E-state index contributed by atoms with van der Waals surface area (Å²) in [4.78, 5) is 16.6. The van der Waals surface area contributed by atoms with Gasteiger partial charge in [0.05, 0.1) is 11.6 Å². The summed E-state index contributed by atoms with van der Waals surface area (Å²) in [5.41, 5.74) is 6.50. The van der Waals surface area contributed by atoms with Crippen molar-refractivity contribution in [2.24, 2.45) is 16.8 Å². The minimum atomic E-state index is -0.120. The van der Waals surface area contributed by atoms with Crippen molar-refractivity contribution in [3.8, 4) is 0 Å². The average molecular weight is 260 g/mol. The molecule has 0 saturated carbocycles. The van der Waals surface area contributed by atoms with Crippen LogP contribution in [0.1, 0.15) is 32.6 Å². The Morgan fingerprint density at radius 1 is 1.42 bits per heavy atom. The molecule has 0 radical (unpaired) electrons. The van der Waals surface area contributed by atoms with Gasteiger partial charge in [-0.1, -0.05) is 19.4 Å². The summed E-state index contributed by atoms with van der Waals surface area (Å²) in [6, 6.07) is 5.49. The topological polar surface area (TPSA) is 71.6 Å². The maximum atomic E-state index is 12.4. The molecule has 0 aliphatic carbocycles. The van der Waals surface area contributed by atoms with Crippen molar-refractivity contribution < 1.29 is 4.79 Å². The molecule has 0 bridgehead atoms. The molecule has 0 saturated heterocycles. The van der Waals surface area contributed by atoms with E-state index in [0.717, 1.165) is 31.4 Å². The molecule has 1 aliphatic rings. The highest BCUT2D eigenvalue weighted by molar-refractivity contribution is 6.15. The van der Waals surface area contributed by atoms with Crippen molar-refractivity contribution in [1.29, 1.82) is 0 Å². The molecule has 1 unspecified atom stereocenters. The molecular weight excluding hydrogens is 240 g/mol. The van der Waals surface area contributed by atoms with E-state index in [-0.39, 0.29) is 11.8 Å². The lowest BCUT2D eigenvalue weighted by atomic mass is 9.95. The molecule has 1 amide bonds. The summed E-state index contributed by atoms with van der Waals surface area (Å²) in [5.74, 6) is 0.498. The maximum absolute atomic E-state index is 12.4. The van der Waals surface area contributed by atoms with Crippen LogP contribution in [-0.4, -0.2) is 23.1 Å². The SMILES string of the molecule is CCCC1=NN(c2ccccn2)C(=O)C1CCCN. The summed E-state index contributed by atoms with van der Waals surface area (Å²) in [6.45, 7) is 2.70. The van der Waals surface area contributed by atoms with E-state index in [2.05, 4.69) is 17.0 Å². The molecule has 2 N–H and O–H groups in total. The van der Waals surface area contributed by atoms with Crippen molar-refractivity contribution in [3.05, 3.63) is 24.4 Å². The smallest absolute Gasteiger partial charge is 0.257 e. The van der Waals surface area contributed by atoms with Crippen LogP contribution in [0.25, 0.3) is 0 Å². The predicted molar refractivity (Wildman–Crippen MR) is 75.8 cm³/mol. The largest absolute Gasteiger partial charge is 0.330 e. The van der Waals surface area contributed by atoms with Crippen molar-refractivity contribution in [2.75, 3.05) is 11.6 Å². The molecule has 0 spiro atoms. The van der Waals surface area contributed by atoms with Crippen LogP contribution in [0.3, 0.4) is 0 Å². The van der Waals surface area contributed by atoms with Gasteiger partial charge in [0, 0.05) is 6.20 Å². The summed E-state index contributed by atoms with van der Waals surface area (Å²) >= 11 is 0. The molecule has 19 heavy (non-hydrogen) atoms. The van der Waals surface area contributed by atoms with E-state index in [1.54, 1.807) is 12.3 Å². The molecule has 1 atom stereocenters. The van der Waals surface area contributed by atoms with Crippen LogP contribution in [0.15, 0.2) is 29.5 Å². The molecule has 1 aromatic heterocycles. The first kappa shape index (κ1) is 13.7. The highest BCUT2D eigenvalue weighted by Gasteiger charge is 2.35. The van der Waals surface area contributed by atoms with Crippen LogP contribution in [0.5, 0.6) is 0 Å². The fraction of sp³-hybridized carbons (Fsp3) is 0.500. The van der Waals surface area contributed by atoms with Crippen LogP contribution in [-0.2, 0) is 4.79 Å². The van der Waals surface area contributed by atoms with Crippen LogP contribution < -0.4 is 10.7 Å². The Labute approximate surface area is 113 Å². The second kappa shape index (κ2) is 6.43. The van der Waals surface area contributed by atoms with Gasteiger partial charge in [-0.05, 0) is 37.9 Å². The van der Waals surface area contributed by atoms with E-state index >= 15 is 0 Å². The average Bonchev–Trinajstić information content (AvgIpc) is 2.75. The van der Waals surface area contributed by atoms with E-state index < -0.39 is 0 Å². The van der Waals surface area contributed by atoms with Gasteiger partial charge in [0.15, 0.2) is 5.82 Å². The maximum Gasteiger partial charge on any atom is 0.257 e. The number of pyridine rings is 1. The van der Waals surface area contributed by atoms with Crippen LogP contribution >= 0.6 is 0 Å². The Morgan fingerprint density at radius 3 is 2.89 bits per heavy atom. The van der Waals surface area contributed by atoms with E-state index in [9.17, 15) is 4.79 Å². The zero-order valence-electron chi connectivity index (χ0n) is 11.2. The lowest BCUT2D eigenvalue weighted by molar-refractivity contribution is -0.120. The van der Waals surface area contributed by atoms with E-state index in [1.165, 1.54) is 5.01 Å². The summed E-state index contributed by atoms with van der Waals surface area (Å²) in [5, 5.41) is 5.90. The number of nitrogens with zero attached hydrogens (tertiary/aromatic N) is 3. The van der Waals surface area contributed by atoms with Gasteiger partial charge in [0.1, 0.15) is 0 Å². The zero-order chi connectivity index (χ0) is 13.7. The van der Waals surface area contributed by atoms with Gasteiger partial charge in [-0.2, -0.15) is 10.1 Å². The number of hydrogen-bond donors (Lipinski definition) is 1. The van der Waals surface area contributed by atoms with Gasteiger partial charge in [-0.15, -0.1) is 0 Å². The second-order valence-corrected chi connectivity index (χ2v) is 4.66. The number of nitrogens with two attached hydrogens (primary N) is 1. The number of carbonyl (C=O) groups excluding carboxylic acids is 1. The Morgan fingerprint density at radius 2 is 2.26 bits per heavy atom. The van der Waals surface area contributed by atoms with Crippen molar-refractivity contribution >= 4 is 17.4 Å². The fourth-order valence-electron chi connectivity index (χ4n) is 2.27. The highest BCUT2D eigenvalue weighted by Crippen LogP contribution is 2.26. The van der Waals surface area contributed by atoms with Crippen molar-refractivity contribution in [2.45, 2.75) is 32.6 Å². The summed E-state index contributed by atoms with van der Waals surface area (Å²) < 4.78 is 0. The Kier molecular flexibility index (Phi) is 4.63. The Balaban J connectivity index is 2.20. The number of aromatic nitrogens is 1. The van der Waals surface area contributed by atoms with Crippen LogP contribution in [0.2, 0.25) is 0 Å². The second-order valence-electron chi connectivity index (χ2n) is 4.66. The third-order valence-corrected chi connectivity index (χ3v) is 3.21. The Hall–Kier alpha value is -1.75. The number of carbonyl (C=O) groups is 1. The van der Waals surface area contributed by atoms with Gasteiger partial charge >= 0.3 is 0 Å². The van der Waals surface area contributed by atoms with E-state index in [0.29, 0.717) is 12.4 Å².